The van der Waals surface area contributed by atoms with Crippen LogP contribution in [0.4, 0.5) is 0 Å². The van der Waals surface area contributed by atoms with Crippen LogP contribution in [-0.4, -0.2) is 44.1 Å². The lowest BCUT2D eigenvalue weighted by Crippen LogP contribution is -2.40. The van der Waals surface area contributed by atoms with Crippen molar-refractivity contribution in [3.8, 4) is 5.75 Å². The molecule has 118 valence electrons. The first-order valence-corrected chi connectivity index (χ1v) is 9.02. The van der Waals surface area contributed by atoms with Gasteiger partial charge in [-0.2, -0.15) is 0 Å². The Balaban J connectivity index is 2.01. The fourth-order valence-corrected chi connectivity index (χ4v) is 4.38. The average molecular weight is 375 g/mol. The van der Waals surface area contributed by atoms with Crippen LogP contribution in [0.25, 0.3) is 0 Å². The van der Waals surface area contributed by atoms with Crippen LogP contribution in [0.2, 0.25) is 0 Å². The molecule has 1 amide bonds. The van der Waals surface area contributed by atoms with E-state index in [0.29, 0.717) is 16.5 Å². The Morgan fingerprint density at radius 3 is 2.71 bits per heavy atom. The molecule has 1 saturated heterocycles. The molecule has 0 atom stereocenters. The maximum absolute atomic E-state index is 12.7. The summed E-state index contributed by atoms with van der Waals surface area (Å²) in [6.07, 6.45) is 2.15. The highest BCUT2D eigenvalue weighted by Crippen LogP contribution is 2.40. The van der Waals surface area contributed by atoms with E-state index in [-0.39, 0.29) is 5.91 Å². The Hall–Kier alpha value is -0.590. The maximum atomic E-state index is 12.7. The van der Waals surface area contributed by atoms with Crippen LogP contribution >= 0.6 is 27.3 Å². The largest absolute Gasteiger partial charge is 0.494 e. The van der Waals surface area contributed by atoms with Crippen molar-refractivity contribution in [2.75, 3.05) is 33.3 Å². The number of carbonyl (C=O) groups is 1. The lowest BCUT2D eigenvalue weighted by atomic mass is 9.96. The number of piperidine rings is 1. The number of rotatable bonds is 5. The fourth-order valence-electron chi connectivity index (χ4n) is 2.66. The molecule has 21 heavy (non-hydrogen) atoms. The molecule has 0 radical (unpaired) electrons. The summed E-state index contributed by atoms with van der Waals surface area (Å²) in [5.74, 6) is 1.47. The van der Waals surface area contributed by atoms with E-state index >= 15 is 0 Å². The number of ether oxygens (including phenoxy) is 1. The molecule has 2 heterocycles. The molecule has 0 bridgehead atoms. The number of nitrogens with zero attached hydrogens (tertiary/aromatic N) is 1. The van der Waals surface area contributed by atoms with Crippen molar-refractivity contribution in [3.05, 3.63) is 14.2 Å². The fraction of sp³-hybridized carbons (Fsp3) is 0.667. The second-order valence-corrected chi connectivity index (χ2v) is 7.40. The van der Waals surface area contributed by atoms with E-state index in [9.17, 15) is 4.79 Å². The Morgan fingerprint density at radius 2 is 2.14 bits per heavy atom. The number of halogens is 1. The molecule has 0 unspecified atom stereocenters. The van der Waals surface area contributed by atoms with Crippen LogP contribution in [0.1, 0.15) is 34.3 Å². The minimum Gasteiger partial charge on any atom is -0.494 e. The molecule has 6 heteroatoms. The highest BCUT2D eigenvalue weighted by atomic mass is 79.9. The van der Waals surface area contributed by atoms with E-state index in [1.807, 2.05) is 11.8 Å². The van der Waals surface area contributed by atoms with Gasteiger partial charge in [-0.25, -0.2) is 0 Å². The van der Waals surface area contributed by atoms with Gasteiger partial charge in [-0.15, -0.1) is 11.3 Å². The molecular formula is C15H23BrN2O2S. The van der Waals surface area contributed by atoms with Crippen molar-refractivity contribution < 1.29 is 9.53 Å². The summed E-state index contributed by atoms with van der Waals surface area (Å²) in [4.78, 5) is 16.4. The SMILES string of the molecule is CCNCC1CCN(C(=O)c2sc(C)c(Br)c2OC)CC1. The minimum absolute atomic E-state index is 0.104. The van der Waals surface area contributed by atoms with Crippen molar-refractivity contribution >= 4 is 33.2 Å². The number of likely N-dealkylation sites (tertiary alicyclic amines) is 1. The van der Waals surface area contributed by atoms with E-state index < -0.39 is 0 Å². The van der Waals surface area contributed by atoms with Gasteiger partial charge in [0.15, 0.2) is 5.75 Å². The van der Waals surface area contributed by atoms with E-state index in [0.717, 1.165) is 48.4 Å². The van der Waals surface area contributed by atoms with Crippen LogP contribution in [0.5, 0.6) is 5.75 Å². The summed E-state index contributed by atoms with van der Waals surface area (Å²) >= 11 is 5.00. The van der Waals surface area contributed by atoms with Crippen LogP contribution < -0.4 is 10.1 Å². The van der Waals surface area contributed by atoms with Gasteiger partial charge in [0.2, 0.25) is 0 Å². The molecule has 0 saturated carbocycles. The number of amides is 1. The Bertz CT molecular complexity index is 496. The Morgan fingerprint density at radius 1 is 1.48 bits per heavy atom. The molecule has 0 aromatic carbocycles. The van der Waals surface area contributed by atoms with Gasteiger partial charge >= 0.3 is 0 Å². The zero-order valence-electron chi connectivity index (χ0n) is 12.9. The van der Waals surface area contributed by atoms with Crippen LogP contribution in [0.15, 0.2) is 4.47 Å². The first kappa shape index (κ1) is 16.8. The molecule has 1 fully saturated rings. The first-order chi connectivity index (χ1) is 10.1. The Labute approximate surface area is 139 Å². The topological polar surface area (TPSA) is 41.6 Å². The van der Waals surface area contributed by atoms with Gasteiger partial charge in [-0.05, 0) is 54.7 Å². The maximum Gasteiger partial charge on any atom is 0.267 e. The number of nitrogens with one attached hydrogen (secondary N) is 1. The normalized spacial score (nSPS) is 16.3. The highest BCUT2D eigenvalue weighted by Gasteiger charge is 2.28. The third-order valence-corrected chi connectivity index (χ3v) is 6.24. The zero-order chi connectivity index (χ0) is 15.4. The molecule has 0 aliphatic carbocycles. The Kier molecular flexibility index (Phi) is 6.08. The molecule has 1 aromatic heterocycles. The second-order valence-electron chi connectivity index (χ2n) is 5.38. The van der Waals surface area contributed by atoms with Crippen molar-refractivity contribution in [1.29, 1.82) is 0 Å². The number of aryl methyl sites for hydroxylation is 1. The summed E-state index contributed by atoms with van der Waals surface area (Å²) in [6.45, 7) is 7.88. The van der Waals surface area contributed by atoms with Gasteiger partial charge in [0.1, 0.15) is 4.88 Å². The molecule has 1 aliphatic heterocycles. The number of carbonyl (C=O) groups excluding carboxylic acids is 1. The standard InChI is InChI=1S/C15H23BrN2O2S/c1-4-17-9-11-5-7-18(8-6-11)15(19)14-13(20-3)12(16)10(2)21-14/h11,17H,4-9H2,1-3H3. The molecule has 0 spiro atoms. The summed E-state index contributed by atoms with van der Waals surface area (Å²) in [5, 5.41) is 3.40. The van der Waals surface area contributed by atoms with E-state index in [2.05, 4.69) is 28.2 Å². The van der Waals surface area contributed by atoms with E-state index in [1.54, 1.807) is 7.11 Å². The first-order valence-electron chi connectivity index (χ1n) is 7.41. The molecule has 1 aromatic rings. The van der Waals surface area contributed by atoms with Gasteiger partial charge < -0.3 is 15.0 Å². The summed E-state index contributed by atoms with van der Waals surface area (Å²) < 4.78 is 6.29. The predicted octanol–water partition coefficient (Wildman–Crippen LogP) is 3.29. The number of thiophene rings is 1. The third-order valence-electron chi connectivity index (χ3n) is 3.95. The highest BCUT2D eigenvalue weighted by molar-refractivity contribution is 9.10. The van der Waals surface area contributed by atoms with Gasteiger partial charge in [0, 0.05) is 18.0 Å². The molecule has 4 nitrogen and oxygen atoms in total. The van der Waals surface area contributed by atoms with E-state index in [4.69, 9.17) is 4.74 Å². The average Bonchev–Trinajstić information content (AvgIpc) is 2.80. The van der Waals surface area contributed by atoms with Crippen molar-refractivity contribution in [2.45, 2.75) is 26.7 Å². The predicted molar refractivity (Wildman–Crippen MR) is 90.5 cm³/mol. The van der Waals surface area contributed by atoms with Gasteiger partial charge in [-0.3, -0.25) is 4.79 Å². The van der Waals surface area contributed by atoms with Gasteiger partial charge in [0.25, 0.3) is 5.91 Å². The van der Waals surface area contributed by atoms with E-state index in [1.165, 1.54) is 11.3 Å². The number of methoxy groups -OCH3 is 1. The zero-order valence-corrected chi connectivity index (χ0v) is 15.3. The summed E-state index contributed by atoms with van der Waals surface area (Å²) in [7, 11) is 1.62. The number of hydrogen-bond acceptors (Lipinski definition) is 4. The second kappa shape index (κ2) is 7.61. The minimum atomic E-state index is 0.104. The monoisotopic (exact) mass is 374 g/mol. The molecular weight excluding hydrogens is 352 g/mol. The van der Waals surface area contributed by atoms with Crippen molar-refractivity contribution in [1.82, 2.24) is 10.2 Å². The lowest BCUT2D eigenvalue weighted by molar-refractivity contribution is 0.0692. The van der Waals surface area contributed by atoms with Crippen molar-refractivity contribution in [2.24, 2.45) is 5.92 Å². The summed E-state index contributed by atoms with van der Waals surface area (Å²) in [5.41, 5.74) is 0. The third kappa shape index (κ3) is 3.79. The molecule has 2 rings (SSSR count). The number of hydrogen-bond donors (Lipinski definition) is 1. The van der Waals surface area contributed by atoms with Crippen LogP contribution in [0.3, 0.4) is 0 Å². The van der Waals surface area contributed by atoms with Gasteiger partial charge in [0.05, 0.1) is 11.6 Å². The van der Waals surface area contributed by atoms with Crippen LogP contribution in [-0.2, 0) is 0 Å². The molecule has 1 aliphatic rings. The van der Waals surface area contributed by atoms with Gasteiger partial charge in [-0.1, -0.05) is 6.92 Å². The smallest absolute Gasteiger partial charge is 0.267 e. The van der Waals surface area contributed by atoms with Crippen LogP contribution in [0, 0.1) is 12.8 Å². The lowest BCUT2D eigenvalue weighted by Gasteiger charge is -2.32. The summed E-state index contributed by atoms with van der Waals surface area (Å²) in [6, 6.07) is 0. The van der Waals surface area contributed by atoms with Crippen molar-refractivity contribution in [3.63, 3.8) is 0 Å². The molecule has 1 N–H and O–H groups in total. The quantitative estimate of drug-likeness (QED) is 0.859.